The third kappa shape index (κ3) is 5.67. The Hall–Kier alpha value is -2.93. The summed E-state index contributed by atoms with van der Waals surface area (Å²) < 4.78 is 74.7. The Morgan fingerprint density at radius 2 is 1.91 bits per heavy atom. The van der Waals surface area contributed by atoms with Gasteiger partial charge in [0.25, 0.3) is 0 Å². The van der Waals surface area contributed by atoms with Crippen LogP contribution in [0.2, 0.25) is 0 Å². The molecule has 1 aliphatic heterocycles. The molecule has 188 valence electrons. The number of hydrogen-bond donors (Lipinski definition) is 1. The zero-order valence-electron chi connectivity index (χ0n) is 18.6. The van der Waals surface area contributed by atoms with Crippen LogP contribution < -0.4 is 4.90 Å². The summed E-state index contributed by atoms with van der Waals surface area (Å²) in [7, 11) is 0. The molecule has 0 bridgehead atoms. The number of fused-ring (bicyclic) bond motifs is 1. The van der Waals surface area contributed by atoms with Gasteiger partial charge >= 0.3 is 18.2 Å². The SMILES string of the molecule is CC(C)n1cc(N2CC(F)(F)OC(F)(F)C2)c2nc(SCc3ccc(F)c(CC(=O)O)c3)ncc21. The molecule has 1 N–H and O–H groups in total. The summed E-state index contributed by atoms with van der Waals surface area (Å²) in [4.78, 5) is 20.5. The van der Waals surface area contributed by atoms with E-state index in [-0.39, 0.29) is 33.7 Å². The first-order chi connectivity index (χ1) is 16.3. The number of morpholine rings is 1. The minimum atomic E-state index is -4.05. The monoisotopic (exact) mass is 516 g/mol. The van der Waals surface area contributed by atoms with Crippen LogP contribution in [0.25, 0.3) is 11.0 Å². The second kappa shape index (κ2) is 9.26. The van der Waals surface area contributed by atoms with E-state index in [2.05, 4.69) is 14.7 Å². The van der Waals surface area contributed by atoms with E-state index >= 15 is 0 Å². The summed E-state index contributed by atoms with van der Waals surface area (Å²) in [6.45, 7) is 1.57. The van der Waals surface area contributed by atoms with Crippen LogP contribution in [0.15, 0.2) is 35.7 Å². The van der Waals surface area contributed by atoms with Crippen LogP contribution in [-0.4, -0.2) is 50.9 Å². The lowest BCUT2D eigenvalue weighted by atomic mass is 10.1. The Morgan fingerprint density at radius 3 is 2.54 bits per heavy atom. The molecule has 0 unspecified atom stereocenters. The van der Waals surface area contributed by atoms with Crippen molar-refractivity contribution in [2.75, 3.05) is 18.0 Å². The first-order valence-electron chi connectivity index (χ1n) is 10.5. The molecule has 7 nitrogen and oxygen atoms in total. The number of carbonyl (C=O) groups is 1. The third-order valence-corrected chi connectivity index (χ3v) is 6.23. The predicted octanol–water partition coefficient (Wildman–Crippen LogP) is 5.09. The number of nitrogens with zero attached hydrogens (tertiary/aromatic N) is 4. The molecule has 1 saturated heterocycles. The number of carboxylic acid groups (broad SMARTS) is 1. The van der Waals surface area contributed by atoms with Crippen LogP contribution in [0.1, 0.15) is 31.0 Å². The van der Waals surface area contributed by atoms with Crippen LogP contribution in [0, 0.1) is 5.82 Å². The van der Waals surface area contributed by atoms with Gasteiger partial charge in [-0.25, -0.2) is 14.4 Å². The molecule has 3 aromatic rings. The normalized spacial score (nSPS) is 17.3. The molecule has 1 aromatic carbocycles. The van der Waals surface area contributed by atoms with E-state index in [1.165, 1.54) is 30.6 Å². The van der Waals surface area contributed by atoms with Crippen molar-refractivity contribution in [3.63, 3.8) is 0 Å². The lowest BCUT2D eigenvalue weighted by Crippen LogP contribution is -2.55. The molecule has 0 amide bonds. The fourth-order valence-corrected chi connectivity index (χ4v) is 4.60. The molecule has 35 heavy (non-hydrogen) atoms. The van der Waals surface area contributed by atoms with Crippen LogP contribution in [0.5, 0.6) is 0 Å². The van der Waals surface area contributed by atoms with Crippen LogP contribution in [0.3, 0.4) is 0 Å². The second-order valence-electron chi connectivity index (χ2n) is 8.42. The summed E-state index contributed by atoms with van der Waals surface area (Å²) in [5.74, 6) is -1.52. The van der Waals surface area contributed by atoms with E-state index in [0.717, 1.165) is 16.7 Å². The number of hydrogen-bond acceptors (Lipinski definition) is 6. The van der Waals surface area contributed by atoms with Crippen molar-refractivity contribution >= 4 is 34.5 Å². The largest absolute Gasteiger partial charge is 0.481 e. The van der Waals surface area contributed by atoms with Gasteiger partial charge in [-0.3, -0.25) is 9.53 Å². The second-order valence-corrected chi connectivity index (χ2v) is 9.36. The standard InChI is InChI=1S/C22H21F5N4O3S/c1-12(2)31-8-17(30-10-21(24,25)34-22(26,27)11-30)19-16(31)7-28-20(29-19)35-9-13-3-4-15(23)14(5-13)6-18(32)33/h3-5,7-8,12H,6,9-11H2,1-2H3,(H,32,33). The van der Waals surface area contributed by atoms with Gasteiger partial charge < -0.3 is 14.6 Å². The van der Waals surface area contributed by atoms with E-state index in [4.69, 9.17) is 5.11 Å². The highest BCUT2D eigenvalue weighted by Gasteiger charge is 2.52. The molecular formula is C22H21F5N4O3S. The number of alkyl halides is 4. The maximum atomic E-state index is 13.9. The Labute approximate surface area is 200 Å². The molecule has 0 aliphatic carbocycles. The molecule has 2 aromatic heterocycles. The molecular weight excluding hydrogens is 495 g/mol. The van der Waals surface area contributed by atoms with Gasteiger partial charge in [0.15, 0.2) is 5.16 Å². The smallest absolute Gasteiger partial charge is 0.377 e. The number of anilines is 1. The number of benzene rings is 1. The van der Waals surface area contributed by atoms with Crippen molar-refractivity contribution in [3.8, 4) is 0 Å². The molecule has 0 atom stereocenters. The number of aromatic nitrogens is 3. The van der Waals surface area contributed by atoms with Gasteiger partial charge in [-0.2, -0.15) is 17.6 Å². The van der Waals surface area contributed by atoms with Crippen molar-refractivity contribution < 1.29 is 36.6 Å². The number of carboxylic acids is 1. The van der Waals surface area contributed by atoms with Gasteiger partial charge in [-0.15, -0.1) is 0 Å². The summed E-state index contributed by atoms with van der Waals surface area (Å²) >= 11 is 1.15. The van der Waals surface area contributed by atoms with Crippen molar-refractivity contribution in [2.24, 2.45) is 0 Å². The lowest BCUT2D eigenvalue weighted by Gasteiger charge is -2.37. The van der Waals surface area contributed by atoms with Gasteiger partial charge in [0.05, 0.1) is 23.8 Å². The summed E-state index contributed by atoms with van der Waals surface area (Å²) in [5, 5.41) is 9.18. The zero-order chi connectivity index (χ0) is 25.5. The first-order valence-corrected chi connectivity index (χ1v) is 11.5. The van der Waals surface area contributed by atoms with Gasteiger partial charge in [0, 0.05) is 18.0 Å². The minimum Gasteiger partial charge on any atom is -0.481 e. The van der Waals surface area contributed by atoms with Crippen LogP contribution in [0.4, 0.5) is 27.6 Å². The Morgan fingerprint density at radius 1 is 1.23 bits per heavy atom. The van der Waals surface area contributed by atoms with E-state index in [1.54, 1.807) is 4.57 Å². The average Bonchev–Trinajstić information content (AvgIpc) is 3.11. The molecule has 0 saturated carbocycles. The van der Waals surface area contributed by atoms with E-state index in [1.807, 2.05) is 13.8 Å². The topological polar surface area (TPSA) is 80.5 Å². The molecule has 4 rings (SSSR count). The Bertz CT molecular complexity index is 1250. The van der Waals surface area contributed by atoms with Gasteiger partial charge in [0.2, 0.25) is 0 Å². The minimum absolute atomic E-state index is 0.0393. The summed E-state index contributed by atoms with van der Waals surface area (Å²) in [6.07, 6.45) is -5.57. The van der Waals surface area contributed by atoms with Crippen molar-refractivity contribution in [2.45, 2.75) is 49.4 Å². The lowest BCUT2D eigenvalue weighted by molar-refractivity contribution is -0.380. The first kappa shape index (κ1) is 25.2. The molecule has 13 heteroatoms. The molecule has 1 fully saturated rings. The fraction of sp³-hybridized carbons (Fsp3) is 0.409. The Balaban J connectivity index is 1.65. The van der Waals surface area contributed by atoms with Gasteiger partial charge in [-0.1, -0.05) is 23.9 Å². The van der Waals surface area contributed by atoms with E-state index < -0.39 is 43.5 Å². The van der Waals surface area contributed by atoms with Crippen LogP contribution in [-0.2, 0) is 21.7 Å². The third-order valence-electron chi connectivity index (χ3n) is 5.29. The van der Waals surface area contributed by atoms with E-state index in [0.29, 0.717) is 11.1 Å². The van der Waals surface area contributed by atoms with E-state index in [9.17, 15) is 26.7 Å². The van der Waals surface area contributed by atoms with Crippen molar-refractivity contribution in [1.29, 1.82) is 0 Å². The molecule has 3 heterocycles. The van der Waals surface area contributed by atoms with Crippen LogP contribution >= 0.6 is 11.8 Å². The zero-order valence-corrected chi connectivity index (χ0v) is 19.5. The predicted molar refractivity (Wildman–Crippen MR) is 118 cm³/mol. The van der Waals surface area contributed by atoms with Crippen molar-refractivity contribution in [3.05, 3.63) is 47.5 Å². The maximum Gasteiger partial charge on any atom is 0.377 e. The fourth-order valence-electron chi connectivity index (χ4n) is 3.85. The quantitative estimate of drug-likeness (QED) is 0.266. The molecule has 1 aliphatic rings. The number of thioether (sulfide) groups is 1. The number of ether oxygens (including phenoxy) is 1. The maximum absolute atomic E-state index is 13.9. The van der Waals surface area contributed by atoms with Crippen molar-refractivity contribution in [1.82, 2.24) is 14.5 Å². The number of halogens is 5. The highest BCUT2D eigenvalue weighted by atomic mass is 32.2. The number of aliphatic carboxylic acids is 1. The highest BCUT2D eigenvalue weighted by molar-refractivity contribution is 7.98. The molecule has 0 radical (unpaired) electrons. The molecule has 0 spiro atoms. The van der Waals surface area contributed by atoms with Gasteiger partial charge in [0.1, 0.15) is 24.4 Å². The summed E-state index contributed by atoms with van der Waals surface area (Å²) in [6, 6.07) is 4.00. The highest BCUT2D eigenvalue weighted by Crippen LogP contribution is 2.39. The Kier molecular flexibility index (Phi) is 6.66. The summed E-state index contributed by atoms with van der Waals surface area (Å²) in [5.41, 5.74) is 1.49. The average molecular weight is 516 g/mol. The van der Waals surface area contributed by atoms with Gasteiger partial charge in [-0.05, 0) is 31.0 Å². The number of rotatable bonds is 7.